The fourth-order valence-electron chi connectivity index (χ4n) is 7.94. The first-order valence-corrected chi connectivity index (χ1v) is 16.9. The molecule has 4 fully saturated rings. The smallest absolute Gasteiger partial charge is 0.247 e. The number of fused-ring (bicyclic) bond motifs is 1. The predicted octanol–water partition coefficient (Wildman–Crippen LogP) is 2.66. The van der Waals surface area contributed by atoms with Gasteiger partial charge in [-0.1, -0.05) is 56.3 Å². The maximum absolute atomic E-state index is 14.8. The number of aliphatic hydroxyl groups excluding tert-OH is 1. The van der Waals surface area contributed by atoms with Gasteiger partial charge in [-0.25, -0.2) is 0 Å². The Morgan fingerprint density at radius 1 is 1.14 bits per heavy atom. The van der Waals surface area contributed by atoms with Crippen LogP contribution in [0, 0.1) is 17.8 Å². The molecule has 1 aromatic carbocycles. The molecule has 7 atom stereocenters. The van der Waals surface area contributed by atoms with E-state index < -0.39 is 28.7 Å². The zero-order valence-corrected chi connectivity index (χ0v) is 27.0. The highest BCUT2D eigenvalue weighted by molar-refractivity contribution is 8.02. The Bertz CT molecular complexity index is 1210. The lowest BCUT2D eigenvalue weighted by molar-refractivity contribution is -0.147. The molecule has 1 spiro atoms. The third-order valence-corrected chi connectivity index (χ3v) is 12.2. The second kappa shape index (κ2) is 14.2. The van der Waals surface area contributed by atoms with Crippen molar-refractivity contribution in [1.29, 1.82) is 0 Å². The third kappa shape index (κ3) is 5.86. The molecule has 4 aliphatic heterocycles. The van der Waals surface area contributed by atoms with Crippen LogP contribution in [-0.4, -0.2) is 124 Å². The summed E-state index contributed by atoms with van der Waals surface area (Å²) in [6, 6.07) is 8.60. The van der Waals surface area contributed by atoms with E-state index in [-0.39, 0.29) is 35.5 Å². The number of hydrogen-bond donors (Lipinski definition) is 1. The van der Waals surface area contributed by atoms with Crippen molar-refractivity contribution < 1.29 is 24.2 Å². The van der Waals surface area contributed by atoms with Crippen LogP contribution < -0.4 is 0 Å². The third-order valence-electron chi connectivity index (χ3n) is 10.1. The zero-order chi connectivity index (χ0) is 31.4. The molecule has 1 N–H and O–H groups in total. The Morgan fingerprint density at radius 3 is 2.45 bits per heavy atom. The van der Waals surface area contributed by atoms with E-state index in [9.17, 15) is 19.5 Å². The summed E-state index contributed by atoms with van der Waals surface area (Å²) in [4.78, 5) is 51.4. The number of likely N-dealkylation sites (tertiary alicyclic amines) is 1. The average molecular weight is 625 g/mol. The molecule has 240 valence electrons. The molecular formula is C34H48N4O5S. The van der Waals surface area contributed by atoms with Crippen molar-refractivity contribution in [3.05, 3.63) is 61.2 Å². The van der Waals surface area contributed by atoms with Gasteiger partial charge in [0.25, 0.3) is 0 Å². The summed E-state index contributed by atoms with van der Waals surface area (Å²) < 4.78 is 4.76. The summed E-state index contributed by atoms with van der Waals surface area (Å²) in [5, 5.41) is 10.4. The van der Waals surface area contributed by atoms with Crippen molar-refractivity contribution in [2.75, 3.05) is 59.1 Å². The maximum atomic E-state index is 14.8. The summed E-state index contributed by atoms with van der Waals surface area (Å²) in [6.45, 7) is 17.0. The van der Waals surface area contributed by atoms with Gasteiger partial charge < -0.3 is 24.5 Å². The summed E-state index contributed by atoms with van der Waals surface area (Å²) >= 11 is 1.68. The monoisotopic (exact) mass is 624 g/mol. The molecule has 9 nitrogen and oxygen atoms in total. The second-order valence-electron chi connectivity index (χ2n) is 12.6. The molecular weight excluding hydrogens is 576 g/mol. The van der Waals surface area contributed by atoms with Gasteiger partial charge in [0.15, 0.2) is 0 Å². The van der Waals surface area contributed by atoms with Crippen LogP contribution in [0.4, 0.5) is 0 Å². The van der Waals surface area contributed by atoms with Gasteiger partial charge in [-0.3, -0.25) is 19.3 Å². The lowest BCUT2D eigenvalue weighted by Gasteiger charge is -2.42. The number of amides is 3. The van der Waals surface area contributed by atoms with Crippen molar-refractivity contribution in [3.63, 3.8) is 0 Å². The van der Waals surface area contributed by atoms with Crippen molar-refractivity contribution in [2.24, 2.45) is 17.8 Å². The number of ether oxygens (including phenoxy) is 1. The molecule has 0 saturated carbocycles. The molecule has 0 aromatic heterocycles. The van der Waals surface area contributed by atoms with Gasteiger partial charge >= 0.3 is 0 Å². The molecule has 44 heavy (non-hydrogen) atoms. The zero-order valence-electron chi connectivity index (χ0n) is 26.2. The highest BCUT2D eigenvalue weighted by Gasteiger charge is 2.76. The topological polar surface area (TPSA) is 93.6 Å². The quantitative estimate of drug-likeness (QED) is 0.318. The molecule has 0 aliphatic carbocycles. The molecule has 10 heteroatoms. The normalized spacial score (nSPS) is 30.2. The number of thioether (sulfide) groups is 1. The van der Waals surface area contributed by atoms with Crippen LogP contribution in [0.15, 0.2) is 55.6 Å². The molecule has 4 aliphatic rings. The van der Waals surface area contributed by atoms with Crippen LogP contribution in [0.2, 0.25) is 0 Å². The number of aliphatic hydroxyl groups is 1. The van der Waals surface area contributed by atoms with Gasteiger partial charge in [0.1, 0.15) is 6.04 Å². The van der Waals surface area contributed by atoms with Gasteiger partial charge in [0, 0.05) is 51.1 Å². The number of carbonyl (C=O) groups is 3. The summed E-state index contributed by atoms with van der Waals surface area (Å²) in [5.41, 5.74) is 1.01. The van der Waals surface area contributed by atoms with Crippen LogP contribution in [-0.2, 0) is 25.7 Å². The first-order valence-electron chi connectivity index (χ1n) is 16.1. The van der Waals surface area contributed by atoms with Crippen LogP contribution >= 0.6 is 11.8 Å². The minimum absolute atomic E-state index is 0.0532. The lowest BCUT2D eigenvalue weighted by Crippen LogP contribution is -2.60. The Hall–Kier alpha value is -2.66. The lowest BCUT2D eigenvalue weighted by atomic mass is 9.65. The number of carbonyl (C=O) groups excluding carboxylic acids is 3. The molecule has 0 radical (unpaired) electrons. The van der Waals surface area contributed by atoms with Crippen molar-refractivity contribution in [3.8, 4) is 0 Å². The van der Waals surface area contributed by atoms with Crippen LogP contribution in [0.1, 0.15) is 32.3 Å². The SMILES string of the molecule is C=CCN(CCN1CCOCC1)C(=O)C1N([C@@H](CC)CO)C(=O)[C@@H]2[C@@H](C(=O)N(CC=C)Cc3ccccc3)[C@H]3CC(C)C12S3. The van der Waals surface area contributed by atoms with Gasteiger partial charge in [0.05, 0.1) is 42.4 Å². The van der Waals surface area contributed by atoms with Crippen LogP contribution in [0.3, 0.4) is 0 Å². The van der Waals surface area contributed by atoms with Gasteiger partial charge in [0.2, 0.25) is 17.7 Å². The molecule has 5 rings (SSSR count). The van der Waals surface area contributed by atoms with Crippen LogP contribution in [0.5, 0.6) is 0 Å². The summed E-state index contributed by atoms with van der Waals surface area (Å²) in [5.74, 6) is -1.45. The number of benzene rings is 1. The fourth-order valence-corrected chi connectivity index (χ4v) is 10.3. The van der Waals surface area contributed by atoms with E-state index in [1.54, 1.807) is 33.7 Å². The number of hydrogen-bond acceptors (Lipinski definition) is 7. The Morgan fingerprint density at radius 2 is 1.82 bits per heavy atom. The van der Waals surface area contributed by atoms with E-state index in [0.29, 0.717) is 52.4 Å². The van der Waals surface area contributed by atoms with E-state index >= 15 is 0 Å². The minimum Gasteiger partial charge on any atom is -0.394 e. The number of nitrogens with zero attached hydrogens (tertiary/aromatic N) is 4. The number of rotatable bonds is 14. The minimum atomic E-state index is -0.758. The first kappa shape index (κ1) is 32.7. The van der Waals surface area contributed by atoms with Gasteiger partial charge in [-0.2, -0.15) is 0 Å². The van der Waals surface area contributed by atoms with Crippen molar-refractivity contribution in [2.45, 2.75) is 55.3 Å². The van der Waals surface area contributed by atoms with E-state index in [1.807, 2.05) is 42.2 Å². The molecule has 4 heterocycles. The molecule has 3 amide bonds. The Kier molecular flexibility index (Phi) is 10.6. The van der Waals surface area contributed by atoms with Gasteiger partial charge in [-0.15, -0.1) is 24.9 Å². The highest BCUT2D eigenvalue weighted by Crippen LogP contribution is 2.69. The van der Waals surface area contributed by atoms with E-state index in [4.69, 9.17) is 4.74 Å². The average Bonchev–Trinajstić information content (AvgIpc) is 3.64. The molecule has 2 bridgehead atoms. The highest BCUT2D eigenvalue weighted by atomic mass is 32.2. The molecule has 1 aromatic rings. The van der Waals surface area contributed by atoms with E-state index in [1.165, 1.54) is 0 Å². The first-order chi connectivity index (χ1) is 21.3. The predicted molar refractivity (Wildman–Crippen MR) is 173 cm³/mol. The second-order valence-corrected chi connectivity index (χ2v) is 14.1. The van der Waals surface area contributed by atoms with Gasteiger partial charge in [-0.05, 0) is 24.3 Å². The van der Waals surface area contributed by atoms with E-state index in [0.717, 1.165) is 25.1 Å². The fraction of sp³-hybridized carbons (Fsp3) is 0.618. The standard InChI is InChI=1S/C34H48N4O5S/c1-5-13-36(16-15-35-17-19-43-20-18-35)33(42)30-34-24(4)21-27(44-34)28(29(34)32(41)38(30)26(7-3)23-39)31(40)37(14-6-2)22-25-11-9-8-10-12-25/h5-6,8-12,24,26-30,39H,1-2,7,13-23H2,3-4H3/t24?,26-,27+,28-,29-,30?,34?/m0/s1. The van der Waals surface area contributed by atoms with Crippen LogP contribution in [0.25, 0.3) is 0 Å². The largest absolute Gasteiger partial charge is 0.394 e. The van der Waals surface area contributed by atoms with Crippen molar-refractivity contribution in [1.82, 2.24) is 19.6 Å². The molecule has 3 unspecified atom stereocenters. The molecule has 4 saturated heterocycles. The Balaban J connectivity index is 1.49. The number of morpholine rings is 1. The summed E-state index contributed by atoms with van der Waals surface area (Å²) in [6.07, 6.45) is 4.75. The van der Waals surface area contributed by atoms with E-state index in [2.05, 4.69) is 25.0 Å². The summed E-state index contributed by atoms with van der Waals surface area (Å²) in [7, 11) is 0. The Labute approximate surface area is 266 Å². The van der Waals surface area contributed by atoms with Crippen molar-refractivity contribution >= 4 is 29.5 Å². The maximum Gasteiger partial charge on any atom is 0.247 e.